The number of ether oxygens (including phenoxy) is 2. The number of carbonyl (C=O) groups excluding carboxylic acids is 1. The Morgan fingerprint density at radius 3 is 2.62 bits per heavy atom. The molecular formula is C16H24N2O3. The first kappa shape index (κ1) is 15.8. The SMILES string of the molecule is Cc1cc(OC(C)C)ccc1NC(=O)C1(N)CCOCC1. The molecule has 0 bridgehead atoms. The fourth-order valence-electron chi connectivity index (χ4n) is 2.33. The fourth-order valence-corrected chi connectivity index (χ4v) is 2.33. The molecule has 0 unspecified atom stereocenters. The van der Waals surface area contributed by atoms with Gasteiger partial charge < -0.3 is 20.5 Å². The lowest BCUT2D eigenvalue weighted by molar-refractivity contribution is -0.124. The average Bonchev–Trinajstić information content (AvgIpc) is 2.42. The minimum Gasteiger partial charge on any atom is -0.491 e. The fraction of sp³-hybridized carbons (Fsp3) is 0.562. The van der Waals surface area contributed by atoms with Gasteiger partial charge in [0, 0.05) is 18.9 Å². The highest BCUT2D eigenvalue weighted by atomic mass is 16.5. The molecule has 1 aliphatic rings. The molecule has 1 aromatic rings. The first-order valence-electron chi connectivity index (χ1n) is 7.36. The molecule has 1 saturated heterocycles. The van der Waals surface area contributed by atoms with E-state index in [1.165, 1.54) is 0 Å². The summed E-state index contributed by atoms with van der Waals surface area (Å²) in [6.07, 6.45) is 1.22. The summed E-state index contributed by atoms with van der Waals surface area (Å²) in [4.78, 5) is 12.4. The summed E-state index contributed by atoms with van der Waals surface area (Å²) < 4.78 is 10.9. The summed E-state index contributed by atoms with van der Waals surface area (Å²) in [6.45, 7) is 6.97. The zero-order chi connectivity index (χ0) is 15.5. The molecular weight excluding hydrogens is 268 g/mol. The molecule has 2 rings (SSSR count). The van der Waals surface area contributed by atoms with Crippen molar-refractivity contribution in [3.63, 3.8) is 0 Å². The van der Waals surface area contributed by atoms with Gasteiger partial charge in [-0.25, -0.2) is 0 Å². The zero-order valence-electron chi connectivity index (χ0n) is 12.9. The third-order valence-electron chi connectivity index (χ3n) is 3.66. The van der Waals surface area contributed by atoms with Gasteiger partial charge in [0.15, 0.2) is 0 Å². The molecule has 1 amide bonds. The van der Waals surface area contributed by atoms with Gasteiger partial charge in [-0.1, -0.05) is 0 Å². The number of hydrogen-bond donors (Lipinski definition) is 2. The minimum atomic E-state index is -0.836. The normalized spacial score (nSPS) is 17.6. The minimum absolute atomic E-state index is 0.124. The van der Waals surface area contributed by atoms with Gasteiger partial charge in [-0.3, -0.25) is 4.79 Å². The number of nitrogens with one attached hydrogen (secondary N) is 1. The molecule has 5 heteroatoms. The highest BCUT2D eigenvalue weighted by molar-refractivity contribution is 5.98. The molecule has 1 fully saturated rings. The van der Waals surface area contributed by atoms with E-state index in [0.717, 1.165) is 17.0 Å². The molecule has 0 spiro atoms. The summed E-state index contributed by atoms with van der Waals surface area (Å²) in [5.41, 5.74) is 7.07. The molecule has 0 aliphatic carbocycles. The van der Waals surface area contributed by atoms with Gasteiger partial charge in [0.1, 0.15) is 11.3 Å². The number of benzene rings is 1. The molecule has 1 aliphatic heterocycles. The van der Waals surface area contributed by atoms with E-state index in [1.54, 1.807) is 0 Å². The predicted molar refractivity (Wildman–Crippen MR) is 82.5 cm³/mol. The molecule has 0 radical (unpaired) electrons. The lowest BCUT2D eigenvalue weighted by atomic mass is 9.90. The number of hydrogen-bond acceptors (Lipinski definition) is 4. The van der Waals surface area contributed by atoms with E-state index in [4.69, 9.17) is 15.2 Å². The summed E-state index contributed by atoms with van der Waals surface area (Å²) in [7, 11) is 0. The van der Waals surface area contributed by atoms with Crippen LogP contribution >= 0.6 is 0 Å². The van der Waals surface area contributed by atoms with Crippen molar-refractivity contribution in [2.24, 2.45) is 5.73 Å². The van der Waals surface area contributed by atoms with Crippen LogP contribution in [0.15, 0.2) is 18.2 Å². The van der Waals surface area contributed by atoms with Gasteiger partial charge in [0.05, 0.1) is 6.10 Å². The number of aryl methyl sites for hydroxylation is 1. The van der Waals surface area contributed by atoms with Gasteiger partial charge in [-0.05, 0) is 57.4 Å². The molecule has 3 N–H and O–H groups in total. The highest BCUT2D eigenvalue weighted by Gasteiger charge is 2.36. The molecule has 1 heterocycles. The maximum absolute atomic E-state index is 12.4. The van der Waals surface area contributed by atoms with Gasteiger partial charge in [-0.15, -0.1) is 0 Å². The van der Waals surface area contributed by atoms with Crippen LogP contribution in [0.1, 0.15) is 32.3 Å². The van der Waals surface area contributed by atoms with E-state index >= 15 is 0 Å². The van der Waals surface area contributed by atoms with E-state index in [1.807, 2.05) is 39.0 Å². The molecule has 116 valence electrons. The van der Waals surface area contributed by atoms with E-state index in [9.17, 15) is 4.79 Å². The summed E-state index contributed by atoms with van der Waals surface area (Å²) in [5, 5.41) is 2.93. The Morgan fingerprint density at radius 2 is 2.05 bits per heavy atom. The third kappa shape index (κ3) is 3.95. The van der Waals surface area contributed by atoms with Crippen molar-refractivity contribution in [1.29, 1.82) is 0 Å². The lowest BCUT2D eigenvalue weighted by Crippen LogP contribution is -2.54. The van der Waals surface area contributed by atoms with Crippen LogP contribution in [0.5, 0.6) is 5.75 Å². The predicted octanol–water partition coefficient (Wildman–Crippen LogP) is 2.23. The Morgan fingerprint density at radius 1 is 1.38 bits per heavy atom. The number of anilines is 1. The van der Waals surface area contributed by atoms with Crippen molar-refractivity contribution in [3.8, 4) is 5.75 Å². The number of rotatable bonds is 4. The molecule has 1 aromatic carbocycles. The van der Waals surface area contributed by atoms with Gasteiger partial charge in [0.2, 0.25) is 5.91 Å². The number of amides is 1. The number of carbonyl (C=O) groups is 1. The summed E-state index contributed by atoms with van der Waals surface area (Å²) >= 11 is 0. The maximum Gasteiger partial charge on any atom is 0.244 e. The molecule has 0 saturated carbocycles. The van der Waals surface area contributed by atoms with Crippen molar-refractivity contribution < 1.29 is 14.3 Å². The van der Waals surface area contributed by atoms with Crippen molar-refractivity contribution in [1.82, 2.24) is 0 Å². The van der Waals surface area contributed by atoms with Crippen LogP contribution in [-0.4, -0.2) is 30.8 Å². The van der Waals surface area contributed by atoms with Crippen LogP contribution in [0, 0.1) is 6.92 Å². The lowest BCUT2D eigenvalue weighted by Gasteiger charge is -2.32. The Labute approximate surface area is 125 Å². The smallest absolute Gasteiger partial charge is 0.244 e. The topological polar surface area (TPSA) is 73.6 Å². The summed E-state index contributed by atoms with van der Waals surface area (Å²) in [5.74, 6) is 0.653. The maximum atomic E-state index is 12.4. The first-order chi connectivity index (χ1) is 9.90. The Kier molecular flexibility index (Phi) is 4.85. The average molecular weight is 292 g/mol. The Hall–Kier alpha value is -1.59. The van der Waals surface area contributed by atoms with Gasteiger partial charge in [-0.2, -0.15) is 0 Å². The van der Waals surface area contributed by atoms with Crippen molar-refractivity contribution in [2.75, 3.05) is 18.5 Å². The van der Waals surface area contributed by atoms with Crippen LogP contribution in [0.25, 0.3) is 0 Å². The van der Waals surface area contributed by atoms with Crippen molar-refractivity contribution >= 4 is 11.6 Å². The van der Waals surface area contributed by atoms with Crippen LogP contribution < -0.4 is 15.8 Å². The molecule has 5 nitrogen and oxygen atoms in total. The second kappa shape index (κ2) is 6.45. The van der Waals surface area contributed by atoms with Crippen LogP contribution in [0.3, 0.4) is 0 Å². The van der Waals surface area contributed by atoms with Gasteiger partial charge in [0.25, 0.3) is 0 Å². The third-order valence-corrected chi connectivity index (χ3v) is 3.66. The second-order valence-electron chi connectivity index (χ2n) is 5.87. The number of nitrogens with two attached hydrogens (primary N) is 1. The molecule has 21 heavy (non-hydrogen) atoms. The monoisotopic (exact) mass is 292 g/mol. The Balaban J connectivity index is 2.07. The summed E-state index contributed by atoms with van der Waals surface area (Å²) in [6, 6.07) is 5.63. The van der Waals surface area contributed by atoms with Crippen LogP contribution in [-0.2, 0) is 9.53 Å². The first-order valence-corrected chi connectivity index (χ1v) is 7.36. The quantitative estimate of drug-likeness (QED) is 0.892. The van der Waals surface area contributed by atoms with Crippen LogP contribution in [0.2, 0.25) is 0 Å². The van der Waals surface area contributed by atoms with E-state index in [2.05, 4.69) is 5.32 Å². The van der Waals surface area contributed by atoms with E-state index in [-0.39, 0.29) is 12.0 Å². The highest BCUT2D eigenvalue weighted by Crippen LogP contribution is 2.25. The second-order valence-corrected chi connectivity index (χ2v) is 5.87. The van der Waals surface area contributed by atoms with E-state index < -0.39 is 5.54 Å². The molecule has 0 atom stereocenters. The standard InChI is InChI=1S/C16H24N2O3/c1-11(2)21-13-4-5-14(12(3)10-13)18-15(19)16(17)6-8-20-9-7-16/h4-5,10-11H,6-9,17H2,1-3H3,(H,18,19). The van der Waals surface area contributed by atoms with Crippen LogP contribution in [0.4, 0.5) is 5.69 Å². The van der Waals surface area contributed by atoms with Crippen molar-refractivity contribution in [3.05, 3.63) is 23.8 Å². The largest absolute Gasteiger partial charge is 0.491 e. The van der Waals surface area contributed by atoms with Gasteiger partial charge >= 0.3 is 0 Å². The van der Waals surface area contributed by atoms with Crippen molar-refractivity contribution in [2.45, 2.75) is 45.3 Å². The molecule has 0 aromatic heterocycles. The van der Waals surface area contributed by atoms with E-state index in [0.29, 0.717) is 26.1 Å². The zero-order valence-corrected chi connectivity index (χ0v) is 12.9. The Bertz CT molecular complexity index is 508.